The molecule has 0 radical (unpaired) electrons. The Morgan fingerprint density at radius 3 is 2.63 bits per heavy atom. The molecule has 0 N–H and O–H groups in total. The first-order chi connectivity index (χ1) is 13.0. The zero-order valence-corrected chi connectivity index (χ0v) is 17.5. The summed E-state index contributed by atoms with van der Waals surface area (Å²) in [5, 5.41) is 0. The highest BCUT2D eigenvalue weighted by molar-refractivity contribution is 9.10. The van der Waals surface area contributed by atoms with Gasteiger partial charge in [0.15, 0.2) is 11.5 Å². The van der Waals surface area contributed by atoms with E-state index in [0.29, 0.717) is 11.5 Å². The molecule has 4 nitrogen and oxygen atoms in total. The van der Waals surface area contributed by atoms with Crippen LogP contribution in [0.4, 0.5) is 0 Å². The van der Waals surface area contributed by atoms with Crippen molar-refractivity contribution in [3.8, 4) is 11.5 Å². The minimum atomic E-state index is 0.0605. The molecular weight excluding hydrogens is 406 g/mol. The highest BCUT2D eigenvalue weighted by Crippen LogP contribution is 2.35. The van der Waals surface area contributed by atoms with E-state index in [2.05, 4.69) is 53.2 Å². The Balaban J connectivity index is 1.86. The summed E-state index contributed by atoms with van der Waals surface area (Å²) in [4.78, 5) is 15.0. The number of aryl methyl sites for hydroxylation is 1. The smallest absolute Gasteiger partial charge is 0.231 e. The number of rotatable bonds is 5. The van der Waals surface area contributed by atoms with E-state index in [1.54, 1.807) is 14.2 Å². The third-order valence-corrected chi connectivity index (χ3v) is 5.56. The Bertz CT molecular complexity index is 863. The van der Waals surface area contributed by atoms with Gasteiger partial charge in [-0.15, -0.1) is 0 Å². The molecular formula is C22H24BrNO3. The number of benzene rings is 2. The van der Waals surface area contributed by atoms with E-state index in [-0.39, 0.29) is 18.4 Å². The van der Waals surface area contributed by atoms with Gasteiger partial charge in [-0.3, -0.25) is 4.79 Å². The normalized spacial score (nSPS) is 16.3. The summed E-state index contributed by atoms with van der Waals surface area (Å²) >= 11 is 3.55. The van der Waals surface area contributed by atoms with Gasteiger partial charge in [-0.1, -0.05) is 51.8 Å². The fourth-order valence-corrected chi connectivity index (χ4v) is 3.90. The molecule has 2 aromatic carbocycles. The molecule has 0 spiro atoms. The third-order valence-electron chi connectivity index (χ3n) is 4.82. The predicted octanol–water partition coefficient (Wildman–Crippen LogP) is 5.19. The van der Waals surface area contributed by atoms with Gasteiger partial charge in [-0.05, 0) is 43.0 Å². The minimum absolute atomic E-state index is 0.0605. The van der Waals surface area contributed by atoms with Crippen molar-refractivity contribution in [2.45, 2.75) is 32.2 Å². The topological polar surface area (TPSA) is 38.8 Å². The van der Waals surface area contributed by atoms with Crippen LogP contribution >= 0.6 is 15.9 Å². The number of amides is 1. The summed E-state index contributed by atoms with van der Waals surface area (Å²) in [5.74, 6) is 1.31. The SMILES string of the molecule is COc1cc(Br)c(CC(=O)N2C=CCCC2c2cccc(C)c2)cc1OC. The van der Waals surface area contributed by atoms with Crippen molar-refractivity contribution in [2.24, 2.45) is 0 Å². The molecule has 1 aliphatic heterocycles. The number of ether oxygens (including phenoxy) is 2. The third kappa shape index (κ3) is 4.35. The van der Waals surface area contributed by atoms with E-state index in [9.17, 15) is 4.79 Å². The second kappa shape index (κ2) is 8.61. The second-order valence-corrected chi connectivity index (χ2v) is 7.52. The van der Waals surface area contributed by atoms with Crippen molar-refractivity contribution < 1.29 is 14.3 Å². The highest BCUT2D eigenvalue weighted by atomic mass is 79.9. The van der Waals surface area contributed by atoms with Crippen LogP contribution < -0.4 is 9.47 Å². The van der Waals surface area contributed by atoms with Gasteiger partial charge in [0, 0.05) is 10.7 Å². The van der Waals surface area contributed by atoms with Gasteiger partial charge in [0.25, 0.3) is 0 Å². The molecule has 0 aliphatic carbocycles. The van der Waals surface area contributed by atoms with Crippen molar-refractivity contribution in [3.05, 3.63) is 69.8 Å². The first-order valence-electron chi connectivity index (χ1n) is 8.98. The molecule has 0 bridgehead atoms. The maximum absolute atomic E-state index is 13.1. The van der Waals surface area contributed by atoms with E-state index in [1.807, 2.05) is 23.2 Å². The fourth-order valence-electron chi connectivity index (χ4n) is 3.43. The molecule has 1 aliphatic rings. The Hall–Kier alpha value is -2.27. The first-order valence-corrected chi connectivity index (χ1v) is 9.77. The molecule has 5 heteroatoms. The van der Waals surface area contributed by atoms with Crippen molar-refractivity contribution in [1.29, 1.82) is 0 Å². The fraction of sp³-hybridized carbons (Fsp3) is 0.318. The van der Waals surface area contributed by atoms with Crippen LogP contribution in [-0.2, 0) is 11.2 Å². The number of carbonyl (C=O) groups is 1. The van der Waals surface area contributed by atoms with Gasteiger partial charge in [0.05, 0.1) is 26.7 Å². The average molecular weight is 430 g/mol. The first kappa shape index (κ1) is 19.5. The molecule has 0 saturated carbocycles. The van der Waals surface area contributed by atoms with Crippen LogP contribution in [0.5, 0.6) is 11.5 Å². The lowest BCUT2D eigenvalue weighted by atomic mass is 9.96. The summed E-state index contributed by atoms with van der Waals surface area (Å²) in [7, 11) is 3.19. The largest absolute Gasteiger partial charge is 0.493 e. The summed E-state index contributed by atoms with van der Waals surface area (Å²) in [6, 6.07) is 12.2. The molecule has 1 heterocycles. The predicted molar refractivity (Wildman–Crippen MR) is 110 cm³/mol. The summed E-state index contributed by atoms with van der Waals surface area (Å²) in [6.07, 6.45) is 6.18. The minimum Gasteiger partial charge on any atom is -0.493 e. The standard InChI is InChI=1S/C22H24BrNO3/c1-15-7-6-8-16(11-15)19-9-4-5-10-24(19)22(25)13-17-12-20(26-2)21(27-3)14-18(17)23/h5-8,10-12,14,19H,4,9,13H2,1-3H3. The van der Waals surface area contributed by atoms with Gasteiger partial charge in [0.2, 0.25) is 5.91 Å². The molecule has 1 amide bonds. The zero-order valence-electron chi connectivity index (χ0n) is 15.9. The van der Waals surface area contributed by atoms with E-state index >= 15 is 0 Å². The van der Waals surface area contributed by atoms with Crippen LogP contribution in [0, 0.1) is 6.92 Å². The summed E-state index contributed by atoms with van der Waals surface area (Å²) < 4.78 is 11.5. The van der Waals surface area contributed by atoms with E-state index in [0.717, 1.165) is 22.9 Å². The van der Waals surface area contributed by atoms with Crippen LogP contribution in [0.25, 0.3) is 0 Å². The number of halogens is 1. The average Bonchev–Trinajstić information content (AvgIpc) is 2.69. The molecule has 27 heavy (non-hydrogen) atoms. The molecule has 0 fully saturated rings. The van der Waals surface area contributed by atoms with Crippen molar-refractivity contribution in [1.82, 2.24) is 4.90 Å². The van der Waals surface area contributed by atoms with Gasteiger partial charge >= 0.3 is 0 Å². The zero-order chi connectivity index (χ0) is 19.4. The van der Waals surface area contributed by atoms with E-state index in [4.69, 9.17) is 9.47 Å². The highest BCUT2D eigenvalue weighted by Gasteiger charge is 2.26. The van der Waals surface area contributed by atoms with Crippen LogP contribution in [0.3, 0.4) is 0 Å². The lowest BCUT2D eigenvalue weighted by Gasteiger charge is -2.32. The number of hydrogen-bond donors (Lipinski definition) is 0. The molecule has 142 valence electrons. The lowest BCUT2D eigenvalue weighted by Crippen LogP contribution is -2.33. The number of allylic oxidation sites excluding steroid dienone is 1. The summed E-state index contributed by atoms with van der Waals surface area (Å²) in [6.45, 7) is 2.08. The molecule has 1 unspecified atom stereocenters. The lowest BCUT2D eigenvalue weighted by molar-refractivity contribution is -0.130. The van der Waals surface area contributed by atoms with Crippen LogP contribution in [-0.4, -0.2) is 25.0 Å². The molecule has 0 aromatic heterocycles. The van der Waals surface area contributed by atoms with Crippen molar-refractivity contribution >= 4 is 21.8 Å². The van der Waals surface area contributed by atoms with Crippen LogP contribution in [0.15, 0.2) is 53.1 Å². The maximum atomic E-state index is 13.1. The van der Waals surface area contributed by atoms with E-state index < -0.39 is 0 Å². The summed E-state index contributed by atoms with van der Waals surface area (Å²) in [5.41, 5.74) is 3.26. The second-order valence-electron chi connectivity index (χ2n) is 6.67. The van der Waals surface area contributed by atoms with Gasteiger partial charge in [0.1, 0.15) is 0 Å². The molecule has 2 aromatic rings. The molecule has 0 saturated heterocycles. The van der Waals surface area contributed by atoms with Crippen LogP contribution in [0.1, 0.15) is 35.6 Å². The number of methoxy groups -OCH3 is 2. The monoisotopic (exact) mass is 429 g/mol. The van der Waals surface area contributed by atoms with Gasteiger partial charge < -0.3 is 14.4 Å². The van der Waals surface area contributed by atoms with Gasteiger partial charge in [-0.2, -0.15) is 0 Å². The Morgan fingerprint density at radius 2 is 1.93 bits per heavy atom. The Kier molecular flexibility index (Phi) is 6.22. The Labute approximate surface area is 168 Å². The van der Waals surface area contributed by atoms with Crippen molar-refractivity contribution in [3.63, 3.8) is 0 Å². The van der Waals surface area contributed by atoms with Crippen molar-refractivity contribution in [2.75, 3.05) is 14.2 Å². The number of nitrogens with zero attached hydrogens (tertiary/aromatic N) is 1. The van der Waals surface area contributed by atoms with Crippen LogP contribution in [0.2, 0.25) is 0 Å². The molecule has 1 atom stereocenters. The number of hydrogen-bond acceptors (Lipinski definition) is 3. The Morgan fingerprint density at radius 1 is 1.19 bits per heavy atom. The van der Waals surface area contributed by atoms with E-state index in [1.165, 1.54) is 11.1 Å². The van der Waals surface area contributed by atoms with Gasteiger partial charge in [-0.25, -0.2) is 0 Å². The maximum Gasteiger partial charge on any atom is 0.231 e. The molecule has 3 rings (SSSR count). The number of carbonyl (C=O) groups excluding carboxylic acids is 1. The quantitative estimate of drug-likeness (QED) is 0.655.